The van der Waals surface area contributed by atoms with Gasteiger partial charge in [0.2, 0.25) is 0 Å². The van der Waals surface area contributed by atoms with Crippen molar-refractivity contribution in [3.63, 3.8) is 0 Å². The number of halogens is 1. The zero-order valence-corrected chi connectivity index (χ0v) is 16.2. The SMILES string of the molecule is CN1C2CCC1C(C(=O)CCCOP(C)(=O)O)C(c1ccc(F)cc1)C2. The van der Waals surface area contributed by atoms with Crippen LogP contribution in [0.1, 0.15) is 43.6 Å². The molecule has 0 aliphatic carbocycles. The second-order valence-electron chi connectivity index (χ2n) is 7.59. The molecule has 1 aromatic carbocycles. The molecule has 0 aromatic heterocycles. The van der Waals surface area contributed by atoms with Crippen LogP contribution in [0, 0.1) is 11.7 Å². The van der Waals surface area contributed by atoms with Gasteiger partial charge in [-0.1, -0.05) is 12.1 Å². The Labute approximate surface area is 154 Å². The summed E-state index contributed by atoms with van der Waals surface area (Å²) >= 11 is 0. The Morgan fingerprint density at radius 3 is 2.69 bits per heavy atom. The number of Topliss-reactive ketones (excluding diaryl/α,β-unsaturated/α-hetero) is 1. The van der Waals surface area contributed by atoms with Gasteiger partial charge in [-0.05, 0) is 56.3 Å². The maximum absolute atomic E-state index is 13.3. The van der Waals surface area contributed by atoms with Crippen LogP contribution in [0.5, 0.6) is 0 Å². The first-order valence-electron chi connectivity index (χ1n) is 9.21. The monoisotopic (exact) mass is 383 g/mol. The van der Waals surface area contributed by atoms with Crippen molar-refractivity contribution >= 4 is 13.4 Å². The predicted molar refractivity (Wildman–Crippen MR) is 97.8 cm³/mol. The summed E-state index contributed by atoms with van der Waals surface area (Å²) in [6.45, 7) is 1.25. The maximum atomic E-state index is 13.3. The van der Waals surface area contributed by atoms with Crippen LogP contribution in [0.3, 0.4) is 0 Å². The molecule has 2 aliphatic rings. The minimum atomic E-state index is -3.50. The summed E-state index contributed by atoms with van der Waals surface area (Å²) in [4.78, 5) is 24.5. The quantitative estimate of drug-likeness (QED) is 0.576. The average Bonchev–Trinajstić information content (AvgIpc) is 2.81. The summed E-state index contributed by atoms with van der Waals surface area (Å²) in [7, 11) is -1.41. The lowest BCUT2D eigenvalue weighted by Gasteiger charge is -2.42. The van der Waals surface area contributed by atoms with Gasteiger partial charge in [-0.2, -0.15) is 0 Å². The van der Waals surface area contributed by atoms with Gasteiger partial charge in [0.15, 0.2) is 0 Å². The Morgan fingerprint density at radius 1 is 1.35 bits per heavy atom. The third kappa shape index (κ3) is 4.42. The van der Waals surface area contributed by atoms with E-state index in [4.69, 9.17) is 4.52 Å². The van der Waals surface area contributed by atoms with Crippen molar-refractivity contribution in [2.24, 2.45) is 5.92 Å². The van der Waals surface area contributed by atoms with E-state index in [1.807, 2.05) is 0 Å². The Hall–Kier alpha value is -1.07. The molecule has 2 heterocycles. The topological polar surface area (TPSA) is 66.8 Å². The first-order valence-corrected chi connectivity index (χ1v) is 11.2. The molecule has 2 saturated heterocycles. The van der Waals surface area contributed by atoms with Gasteiger partial charge in [-0.3, -0.25) is 14.3 Å². The molecule has 1 N–H and O–H groups in total. The molecule has 0 saturated carbocycles. The van der Waals surface area contributed by atoms with Crippen molar-refractivity contribution in [1.82, 2.24) is 4.90 Å². The number of nitrogens with zero attached hydrogens (tertiary/aromatic N) is 1. The maximum Gasteiger partial charge on any atom is 0.325 e. The summed E-state index contributed by atoms with van der Waals surface area (Å²) < 4.78 is 29.4. The highest BCUT2D eigenvalue weighted by atomic mass is 31.2. The normalized spacial score (nSPS) is 30.9. The van der Waals surface area contributed by atoms with Crippen molar-refractivity contribution in [2.75, 3.05) is 20.3 Å². The smallest absolute Gasteiger partial charge is 0.324 e. The molecule has 0 radical (unpaired) electrons. The number of piperidine rings is 1. The van der Waals surface area contributed by atoms with Crippen LogP contribution in [0.25, 0.3) is 0 Å². The first-order chi connectivity index (χ1) is 12.3. The van der Waals surface area contributed by atoms with Gasteiger partial charge in [0, 0.05) is 31.1 Å². The van der Waals surface area contributed by atoms with Crippen molar-refractivity contribution in [1.29, 1.82) is 0 Å². The molecule has 5 atom stereocenters. The molecule has 5 nitrogen and oxygen atoms in total. The fraction of sp³-hybridized carbons (Fsp3) is 0.632. The Bertz CT molecular complexity index is 689. The molecule has 2 fully saturated rings. The van der Waals surface area contributed by atoms with Crippen molar-refractivity contribution in [3.05, 3.63) is 35.6 Å². The molecule has 144 valence electrons. The van der Waals surface area contributed by atoms with Crippen LogP contribution in [0.2, 0.25) is 0 Å². The van der Waals surface area contributed by atoms with Crippen LogP contribution >= 0.6 is 7.60 Å². The molecule has 3 rings (SSSR count). The Kier molecular flexibility index (Phi) is 5.97. The van der Waals surface area contributed by atoms with Crippen molar-refractivity contribution in [2.45, 2.75) is 50.1 Å². The van der Waals surface area contributed by atoms with Crippen LogP contribution in [0.4, 0.5) is 4.39 Å². The van der Waals surface area contributed by atoms with Gasteiger partial charge in [0.25, 0.3) is 0 Å². The second-order valence-corrected chi connectivity index (χ2v) is 9.45. The third-order valence-electron chi connectivity index (χ3n) is 5.84. The van der Waals surface area contributed by atoms with E-state index in [2.05, 4.69) is 11.9 Å². The zero-order chi connectivity index (χ0) is 18.9. The number of hydrogen-bond acceptors (Lipinski definition) is 4. The number of hydrogen-bond donors (Lipinski definition) is 1. The Morgan fingerprint density at radius 2 is 2.04 bits per heavy atom. The summed E-state index contributed by atoms with van der Waals surface area (Å²) in [5.41, 5.74) is 1.03. The number of carbonyl (C=O) groups is 1. The molecule has 0 amide bonds. The van der Waals surface area contributed by atoms with Crippen LogP contribution in [0.15, 0.2) is 24.3 Å². The third-order valence-corrected chi connectivity index (χ3v) is 6.50. The average molecular weight is 383 g/mol. The fourth-order valence-electron chi connectivity index (χ4n) is 4.61. The molecule has 2 aliphatic heterocycles. The molecule has 0 spiro atoms. The van der Waals surface area contributed by atoms with E-state index in [1.165, 1.54) is 12.1 Å². The number of carbonyl (C=O) groups excluding carboxylic acids is 1. The second kappa shape index (κ2) is 7.89. The number of fused-ring (bicyclic) bond motifs is 2. The molecule has 1 aromatic rings. The highest BCUT2D eigenvalue weighted by molar-refractivity contribution is 7.51. The van der Waals surface area contributed by atoms with Crippen LogP contribution in [-0.4, -0.2) is 48.0 Å². The standard InChI is InChI=1S/C19H27FNO4P/c1-21-15-9-10-17(21)19(18(22)4-3-11-25-26(2,23)24)16(12-15)13-5-7-14(20)8-6-13/h5-8,15-17,19H,3-4,9-12H2,1-2H3,(H,23,24). The van der Waals surface area contributed by atoms with E-state index in [0.717, 1.165) is 31.5 Å². The highest BCUT2D eigenvalue weighted by Gasteiger charge is 2.48. The summed E-state index contributed by atoms with van der Waals surface area (Å²) in [6, 6.07) is 7.21. The van der Waals surface area contributed by atoms with E-state index >= 15 is 0 Å². The van der Waals surface area contributed by atoms with Gasteiger partial charge in [-0.25, -0.2) is 4.39 Å². The minimum Gasteiger partial charge on any atom is -0.324 e. The van der Waals surface area contributed by atoms with Gasteiger partial charge in [0.05, 0.1) is 6.61 Å². The molecule has 26 heavy (non-hydrogen) atoms. The fourth-order valence-corrected chi connectivity index (χ4v) is 5.07. The predicted octanol–water partition coefficient (Wildman–Crippen LogP) is 3.57. The van der Waals surface area contributed by atoms with Crippen LogP contribution in [-0.2, 0) is 13.9 Å². The van der Waals surface area contributed by atoms with Gasteiger partial charge in [-0.15, -0.1) is 0 Å². The van der Waals surface area contributed by atoms with E-state index in [-0.39, 0.29) is 36.1 Å². The molecular formula is C19H27FNO4P. The lowest BCUT2D eigenvalue weighted by Crippen LogP contribution is -2.48. The molecule has 5 unspecified atom stereocenters. The number of ketones is 1. The van der Waals surface area contributed by atoms with E-state index in [9.17, 15) is 18.6 Å². The summed E-state index contributed by atoms with van der Waals surface area (Å²) in [6.07, 6.45) is 3.77. The van der Waals surface area contributed by atoms with Gasteiger partial charge in [0.1, 0.15) is 11.6 Å². The van der Waals surface area contributed by atoms with E-state index in [1.54, 1.807) is 12.1 Å². The number of benzene rings is 1. The number of rotatable bonds is 7. The van der Waals surface area contributed by atoms with Gasteiger partial charge < -0.3 is 9.42 Å². The van der Waals surface area contributed by atoms with Crippen LogP contribution < -0.4 is 0 Å². The molecule has 2 bridgehead atoms. The molecule has 7 heteroatoms. The van der Waals surface area contributed by atoms with E-state index in [0.29, 0.717) is 18.9 Å². The Balaban J connectivity index is 1.72. The summed E-state index contributed by atoms with van der Waals surface area (Å²) in [5.74, 6) is -0.110. The minimum absolute atomic E-state index is 0.104. The highest BCUT2D eigenvalue weighted by Crippen LogP contribution is 2.47. The van der Waals surface area contributed by atoms with E-state index < -0.39 is 7.60 Å². The zero-order valence-electron chi connectivity index (χ0n) is 15.3. The lowest BCUT2D eigenvalue weighted by molar-refractivity contribution is -0.127. The van der Waals surface area contributed by atoms with Crippen molar-refractivity contribution in [3.8, 4) is 0 Å². The van der Waals surface area contributed by atoms with Crippen molar-refractivity contribution < 1.29 is 23.2 Å². The van der Waals surface area contributed by atoms with Gasteiger partial charge >= 0.3 is 7.60 Å². The lowest BCUT2D eigenvalue weighted by atomic mass is 9.73. The first kappa shape index (κ1) is 19.7. The molecular weight excluding hydrogens is 356 g/mol. The largest absolute Gasteiger partial charge is 0.325 e. The summed E-state index contributed by atoms with van der Waals surface area (Å²) in [5, 5.41) is 0.